The lowest BCUT2D eigenvalue weighted by atomic mass is 9.92. The van der Waals surface area contributed by atoms with Gasteiger partial charge in [0.2, 0.25) is 0 Å². The molecule has 0 amide bonds. The Bertz CT molecular complexity index is 570. The third-order valence-corrected chi connectivity index (χ3v) is 2.99. The van der Waals surface area contributed by atoms with Gasteiger partial charge in [-0.15, -0.1) is 0 Å². The Morgan fingerprint density at radius 2 is 2.00 bits per heavy atom. The zero-order valence-electron chi connectivity index (χ0n) is 10.9. The Balaban J connectivity index is 2.35. The summed E-state index contributed by atoms with van der Waals surface area (Å²) in [6, 6.07) is 9.83. The van der Waals surface area contributed by atoms with Gasteiger partial charge in [-0.1, -0.05) is 18.2 Å². The second kappa shape index (κ2) is 5.36. The molecule has 1 aromatic carbocycles. The van der Waals surface area contributed by atoms with Crippen LogP contribution in [0.25, 0.3) is 0 Å². The molecule has 0 saturated heterocycles. The molecule has 0 spiro atoms. The molecule has 0 aliphatic rings. The van der Waals surface area contributed by atoms with Crippen molar-refractivity contribution in [2.75, 3.05) is 7.11 Å². The van der Waals surface area contributed by atoms with Crippen molar-refractivity contribution in [3.8, 4) is 5.75 Å². The van der Waals surface area contributed by atoms with Crippen LogP contribution in [0.2, 0.25) is 0 Å². The molecule has 0 aliphatic carbocycles. The van der Waals surface area contributed by atoms with E-state index < -0.39 is 5.60 Å². The number of nitrogens with zero attached hydrogens (tertiary/aromatic N) is 1. The highest BCUT2D eigenvalue weighted by Gasteiger charge is 2.29. The Morgan fingerprint density at radius 3 is 2.68 bits per heavy atom. The molecule has 19 heavy (non-hydrogen) atoms. The molecule has 1 atom stereocenters. The van der Waals surface area contributed by atoms with Gasteiger partial charge in [0.05, 0.1) is 7.11 Å². The predicted molar refractivity (Wildman–Crippen MR) is 70.5 cm³/mol. The first-order valence-corrected chi connectivity index (χ1v) is 6.00. The Morgan fingerprint density at radius 1 is 1.26 bits per heavy atom. The van der Waals surface area contributed by atoms with Crippen molar-refractivity contribution in [2.24, 2.45) is 0 Å². The SMILES string of the molecule is COc1cccnc1C(C)(O)Cc1ccccc1F. The molecule has 1 aromatic heterocycles. The zero-order valence-corrected chi connectivity index (χ0v) is 10.9. The van der Waals surface area contributed by atoms with E-state index in [1.54, 1.807) is 43.5 Å². The van der Waals surface area contributed by atoms with Crippen LogP contribution in [0.1, 0.15) is 18.2 Å². The highest BCUT2D eigenvalue weighted by atomic mass is 19.1. The van der Waals surface area contributed by atoms with E-state index in [9.17, 15) is 9.50 Å². The van der Waals surface area contributed by atoms with Gasteiger partial charge in [-0.25, -0.2) is 4.39 Å². The number of rotatable bonds is 4. The minimum absolute atomic E-state index is 0.132. The zero-order chi connectivity index (χ0) is 13.9. The van der Waals surface area contributed by atoms with Gasteiger partial charge in [-0.3, -0.25) is 4.98 Å². The number of hydrogen-bond acceptors (Lipinski definition) is 3. The topological polar surface area (TPSA) is 42.4 Å². The third kappa shape index (κ3) is 2.90. The fourth-order valence-electron chi connectivity index (χ4n) is 2.06. The second-order valence-corrected chi connectivity index (χ2v) is 4.60. The fraction of sp³-hybridized carbons (Fsp3) is 0.267. The first kappa shape index (κ1) is 13.5. The van der Waals surface area contributed by atoms with Crippen LogP contribution >= 0.6 is 0 Å². The van der Waals surface area contributed by atoms with Crippen LogP contribution in [0.5, 0.6) is 5.75 Å². The lowest BCUT2D eigenvalue weighted by molar-refractivity contribution is 0.0493. The molecule has 2 rings (SSSR count). The number of ether oxygens (including phenoxy) is 1. The molecule has 0 saturated carbocycles. The van der Waals surface area contributed by atoms with Gasteiger partial charge in [0.1, 0.15) is 22.9 Å². The predicted octanol–water partition coefficient (Wildman–Crippen LogP) is 2.68. The highest BCUT2D eigenvalue weighted by molar-refractivity contribution is 5.33. The van der Waals surface area contributed by atoms with E-state index in [0.29, 0.717) is 17.0 Å². The average Bonchev–Trinajstić information content (AvgIpc) is 2.41. The molecule has 1 heterocycles. The van der Waals surface area contributed by atoms with Crippen molar-refractivity contribution in [1.29, 1.82) is 0 Å². The van der Waals surface area contributed by atoms with E-state index in [4.69, 9.17) is 4.74 Å². The van der Waals surface area contributed by atoms with Crippen molar-refractivity contribution >= 4 is 0 Å². The summed E-state index contributed by atoms with van der Waals surface area (Å²) in [6.45, 7) is 1.60. The summed E-state index contributed by atoms with van der Waals surface area (Å²) in [5, 5.41) is 10.6. The maximum atomic E-state index is 13.7. The molecule has 3 nitrogen and oxygen atoms in total. The Labute approximate surface area is 111 Å². The van der Waals surface area contributed by atoms with E-state index in [0.717, 1.165) is 0 Å². The number of aliphatic hydroxyl groups is 1. The van der Waals surface area contributed by atoms with Crippen molar-refractivity contribution in [1.82, 2.24) is 4.98 Å². The van der Waals surface area contributed by atoms with E-state index in [1.165, 1.54) is 13.2 Å². The van der Waals surface area contributed by atoms with Gasteiger partial charge in [0, 0.05) is 12.6 Å². The van der Waals surface area contributed by atoms with Gasteiger partial charge in [0.15, 0.2) is 0 Å². The van der Waals surface area contributed by atoms with Crippen molar-refractivity contribution < 1.29 is 14.2 Å². The van der Waals surface area contributed by atoms with Crippen LogP contribution < -0.4 is 4.74 Å². The number of pyridine rings is 1. The van der Waals surface area contributed by atoms with Crippen LogP contribution in [0.3, 0.4) is 0 Å². The van der Waals surface area contributed by atoms with E-state index in [-0.39, 0.29) is 12.2 Å². The molecule has 1 N–H and O–H groups in total. The number of aromatic nitrogens is 1. The maximum absolute atomic E-state index is 13.7. The molecule has 1 unspecified atom stereocenters. The van der Waals surface area contributed by atoms with Crippen LogP contribution in [-0.4, -0.2) is 17.2 Å². The lowest BCUT2D eigenvalue weighted by Crippen LogP contribution is -2.26. The Hall–Kier alpha value is -1.94. The van der Waals surface area contributed by atoms with Gasteiger partial charge in [-0.05, 0) is 30.7 Å². The van der Waals surface area contributed by atoms with Gasteiger partial charge in [-0.2, -0.15) is 0 Å². The molecule has 100 valence electrons. The van der Waals surface area contributed by atoms with Crippen molar-refractivity contribution in [3.63, 3.8) is 0 Å². The first-order valence-electron chi connectivity index (χ1n) is 6.00. The molecular formula is C15H16FNO2. The van der Waals surface area contributed by atoms with Crippen LogP contribution in [-0.2, 0) is 12.0 Å². The summed E-state index contributed by atoms with van der Waals surface area (Å²) in [5.74, 6) is 0.154. The Kier molecular flexibility index (Phi) is 3.81. The number of methoxy groups -OCH3 is 1. The monoisotopic (exact) mass is 261 g/mol. The van der Waals surface area contributed by atoms with Crippen LogP contribution in [0, 0.1) is 5.82 Å². The van der Waals surface area contributed by atoms with E-state index in [1.807, 2.05) is 0 Å². The number of benzene rings is 1. The molecule has 4 heteroatoms. The van der Waals surface area contributed by atoms with Crippen molar-refractivity contribution in [2.45, 2.75) is 18.9 Å². The summed E-state index contributed by atoms with van der Waals surface area (Å²) < 4.78 is 18.8. The lowest BCUT2D eigenvalue weighted by Gasteiger charge is -2.24. The quantitative estimate of drug-likeness (QED) is 0.920. The summed E-state index contributed by atoms with van der Waals surface area (Å²) in [5.41, 5.74) is -0.449. The standard InChI is InChI=1S/C15H16FNO2/c1-15(18,10-11-6-3-4-7-12(11)16)14-13(19-2)8-5-9-17-14/h3-9,18H,10H2,1-2H3. The van der Waals surface area contributed by atoms with Crippen LogP contribution in [0.4, 0.5) is 4.39 Å². The second-order valence-electron chi connectivity index (χ2n) is 4.60. The largest absolute Gasteiger partial charge is 0.495 e. The molecule has 0 bridgehead atoms. The molecule has 0 aliphatic heterocycles. The normalized spacial score (nSPS) is 13.9. The molecule has 0 fully saturated rings. The molecular weight excluding hydrogens is 245 g/mol. The third-order valence-electron chi connectivity index (χ3n) is 2.99. The van der Waals surface area contributed by atoms with E-state index in [2.05, 4.69) is 4.98 Å². The van der Waals surface area contributed by atoms with Crippen molar-refractivity contribution in [3.05, 3.63) is 59.7 Å². The van der Waals surface area contributed by atoms with Gasteiger partial charge in [0.25, 0.3) is 0 Å². The molecule has 0 radical (unpaired) electrons. The molecule has 2 aromatic rings. The summed E-state index contributed by atoms with van der Waals surface area (Å²) in [4.78, 5) is 4.15. The fourth-order valence-corrected chi connectivity index (χ4v) is 2.06. The number of hydrogen-bond donors (Lipinski definition) is 1. The smallest absolute Gasteiger partial charge is 0.143 e. The minimum Gasteiger partial charge on any atom is -0.495 e. The highest BCUT2D eigenvalue weighted by Crippen LogP contribution is 2.31. The van der Waals surface area contributed by atoms with E-state index >= 15 is 0 Å². The summed E-state index contributed by atoms with van der Waals surface area (Å²) >= 11 is 0. The maximum Gasteiger partial charge on any atom is 0.143 e. The first-order chi connectivity index (χ1) is 9.04. The van der Waals surface area contributed by atoms with Gasteiger partial charge < -0.3 is 9.84 Å². The number of halogens is 1. The average molecular weight is 261 g/mol. The summed E-state index contributed by atoms with van der Waals surface area (Å²) in [6.07, 6.45) is 1.71. The minimum atomic E-state index is -1.30. The van der Waals surface area contributed by atoms with Crippen LogP contribution in [0.15, 0.2) is 42.6 Å². The summed E-state index contributed by atoms with van der Waals surface area (Å²) in [7, 11) is 1.51. The van der Waals surface area contributed by atoms with Gasteiger partial charge >= 0.3 is 0 Å².